The number of hydrogen-bond acceptors (Lipinski definition) is 4. The molecule has 0 unspecified atom stereocenters. The third kappa shape index (κ3) is 4.94. The van der Waals surface area contributed by atoms with Gasteiger partial charge in [-0.15, -0.1) is 13.2 Å². The molecule has 2 heterocycles. The van der Waals surface area contributed by atoms with E-state index in [9.17, 15) is 18.0 Å². The first-order valence-electron chi connectivity index (χ1n) is 12.0. The lowest BCUT2D eigenvalue weighted by atomic mass is 10.0. The van der Waals surface area contributed by atoms with Crippen LogP contribution in [0.3, 0.4) is 0 Å². The van der Waals surface area contributed by atoms with Crippen LogP contribution in [0.5, 0.6) is 5.75 Å². The van der Waals surface area contributed by atoms with E-state index in [1.165, 1.54) is 29.1 Å². The minimum absolute atomic E-state index is 0.0433. The van der Waals surface area contributed by atoms with Crippen LogP contribution in [0.4, 0.5) is 13.2 Å². The van der Waals surface area contributed by atoms with Crippen LogP contribution in [-0.2, 0) is 0 Å². The molecule has 0 fully saturated rings. The van der Waals surface area contributed by atoms with Gasteiger partial charge in [0.25, 0.3) is 0 Å². The molecule has 0 atom stereocenters. The number of halogens is 4. The number of benzene rings is 4. The zero-order valence-corrected chi connectivity index (χ0v) is 21.3. The van der Waals surface area contributed by atoms with Crippen molar-refractivity contribution in [2.75, 3.05) is 0 Å². The molecular weight excluding hydrogens is 541 g/mol. The molecule has 40 heavy (non-hydrogen) atoms. The molecule has 0 aliphatic carbocycles. The minimum Gasteiger partial charge on any atom is -0.406 e. The number of ether oxygens (including phenoxy) is 1. The van der Waals surface area contributed by atoms with Gasteiger partial charge in [-0.25, -0.2) is 4.98 Å². The summed E-state index contributed by atoms with van der Waals surface area (Å²) in [5.74, 6) is -0.0816. The van der Waals surface area contributed by atoms with Gasteiger partial charge in [-0.3, -0.25) is 13.9 Å². The Labute approximate surface area is 230 Å². The second kappa shape index (κ2) is 10.0. The van der Waals surface area contributed by atoms with Gasteiger partial charge in [-0.2, -0.15) is 4.98 Å². The van der Waals surface area contributed by atoms with Gasteiger partial charge >= 0.3 is 11.9 Å². The lowest BCUT2D eigenvalue weighted by Gasteiger charge is -2.17. The molecule has 198 valence electrons. The van der Waals surface area contributed by atoms with Crippen molar-refractivity contribution in [2.24, 2.45) is 0 Å². The Morgan fingerprint density at radius 3 is 2.12 bits per heavy atom. The predicted octanol–water partition coefficient (Wildman–Crippen LogP) is 7.46. The standard InChI is InChI=1S/C30H18ClF3N4O2/c31-22-13-15-23(16-14-22)38-27(21-11-9-20(10-12-21)19-5-2-1-3-6-19)36-28(39)26-29(38)37(18-35-26)24-7-4-8-25(17-24)40-30(32,33)34/h1-18H. The van der Waals surface area contributed by atoms with Crippen molar-refractivity contribution < 1.29 is 17.9 Å². The first-order chi connectivity index (χ1) is 19.3. The number of fused-ring (bicyclic) bond motifs is 1. The Morgan fingerprint density at radius 1 is 0.750 bits per heavy atom. The van der Waals surface area contributed by atoms with E-state index in [4.69, 9.17) is 11.6 Å². The Hall–Kier alpha value is -4.89. The highest BCUT2D eigenvalue weighted by Crippen LogP contribution is 2.31. The number of alkyl halides is 3. The predicted molar refractivity (Wildman–Crippen MR) is 147 cm³/mol. The van der Waals surface area contributed by atoms with Crippen LogP contribution < -0.4 is 10.3 Å². The van der Waals surface area contributed by atoms with E-state index in [1.807, 2.05) is 54.6 Å². The summed E-state index contributed by atoms with van der Waals surface area (Å²) in [7, 11) is 0. The zero-order valence-electron chi connectivity index (χ0n) is 20.5. The van der Waals surface area contributed by atoms with Crippen molar-refractivity contribution in [3.8, 4) is 39.6 Å². The molecule has 4 aromatic carbocycles. The van der Waals surface area contributed by atoms with Crippen molar-refractivity contribution in [3.05, 3.63) is 125 Å². The fraction of sp³-hybridized carbons (Fsp3) is 0.0333. The van der Waals surface area contributed by atoms with Crippen LogP contribution >= 0.6 is 11.6 Å². The summed E-state index contributed by atoms with van der Waals surface area (Å²) in [4.78, 5) is 21.8. The van der Waals surface area contributed by atoms with Gasteiger partial charge in [0, 0.05) is 22.3 Å². The topological polar surface area (TPSA) is 61.9 Å². The largest absolute Gasteiger partial charge is 0.573 e. The monoisotopic (exact) mass is 558 g/mol. The molecule has 0 aliphatic heterocycles. The molecule has 6 nitrogen and oxygen atoms in total. The molecule has 0 aliphatic rings. The quantitative estimate of drug-likeness (QED) is 0.220. The van der Waals surface area contributed by atoms with Crippen LogP contribution in [0.25, 0.3) is 45.1 Å². The molecule has 0 N–H and O–H groups in total. The number of imidazole rings is 1. The van der Waals surface area contributed by atoms with E-state index in [1.54, 1.807) is 34.9 Å². The smallest absolute Gasteiger partial charge is 0.406 e. The summed E-state index contributed by atoms with van der Waals surface area (Å²) in [6.07, 6.45) is -3.49. The molecule has 0 saturated heterocycles. The van der Waals surface area contributed by atoms with Crippen LogP contribution in [0.1, 0.15) is 0 Å². The maximum Gasteiger partial charge on any atom is 0.573 e. The van der Waals surface area contributed by atoms with Crippen LogP contribution in [0.2, 0.25) is 5.02 Å². The molecule has 0 spiro atoms. The van der Waals surface area contributed by atoms with E-state index in [0.29, 0.717) is 33.4 Å². The van der Waals surface area contributed by atoms with Gasteiger partial charge < -0.3 is 4.74 Å². The van der Waals surface area contributed by atoms with E-state index >= 15 is 0 Å². The highest BCUT2D eigenvalue weighted by atomic mass is 35.5. The SMILES string of the molecule is O=c1nc(-c2ccc(-c3ccccc3)cc2)n(-c2ccc(Cl)cc2)c2c1ncn2-c1cccc(OC(F)(F)F)c1. The molecular formula is C30H18ClF3N4O2. The highest BCUT2D eigenvalue weighted by Gasteiger charge is 2.31. The summed E-state index contributed by atoms with van der Waals surface area (Å²) in [6.45, 7) is 0. The van der Waals surface area contributed by atoms with Gasteiger partial charge in [0.15, 0.2) is 11.2 Å². The highest BCUT2D eigenvalue weighted by molar-refractivity contribution is 6.30. The number of rotatable bonds is 5. The number of nitrogens with zero attached hydrogens (tertiary/aromatic N) is 4. The first kappa shape index (κ1) is 25.4. The number of aromatic nitrogens is 4. The Balaban J connectivity index is 1.59. The zero-order chi connectivity index (χ0) is 27.9. The fourth-order valence-corrected chi connectivity index (χ4v) is 4.62. The van der Waals surface area contributed by atoms with Gasteiger partial charge in [0.05, 0.1) is 5.69 Å². The maximum absolute atomic E-state index is 13.2. The van der Waals surface area contributed by atoms with Crippen molar-refractivity contribution in [1.29, 1.82) is 0 Å². The third-order valence-electron chi connectivity index (χ3n) is 6.24. The van der Waals surface area contributed by atoms with Crippen LogP contribution in [0, 0.1) is 0 Å². The van der Waals surface area contributed by atoms with Crippen molar-refractivity contribution in [3.63, 3.8) is 0 Å². The van der Waals surface area contributed by atoms with E-state index in [2.05, 4.69) is 14.7 Å². The molecule has 10 heteroatoms. The first-order valence-corrected chi connectivity index (χ1v) is 12.4. The summed E-state index contributed by atoms with van der Waals surface area (Å²) in [5.41, 5.74) is 3.37. The molecule has 0 radical (unpaired) electrons. The van der Waals surface area contributed by atoms with E-state index in [0.717, 1.165) is 11.1 Å². The molecule has 6 aromatic rings. The molecule has 0 saturated carbocycles. The number of hydrogen-bond donors (Lipinski definition) is 0. The second-order valence-corrected chi connectivity index (χ2v) is 9.26. The molecule has 2 aromatic heterocycles. The lowest BCUT2D eigenvalue weighted by molar-refractivity contribution is -0.274. The average Bonchev–Trinajstić information content (AvgIpc) is 3.39. The summed E-state index contributed by atoms with van der Waals surface area (Å²) >= 11 is 6.15. The summed E-state index contributed by atoms with van der Waals surface area (Å²) in [5, 5.41) is 0.508. The Bertz CT molecular complexity index is 1880. The summed E-state index contributed by atoms with van der Waals surface area (Å²) in [6, 6.07) is 29.8. The molecule has 0 bridgehead atoms. The lowest BCUT2D eigenvalue weighted by Crippen LogP contribution is -2.18. The Kier molecular flexibility index (Phi) is 6.36. The fourth-order valence-electron chi connectivity index (χ4n) is 4.50. The second-order valence-electron chi connectivity index (χ2n) is 8.83. The van der Waals surface area contributed by atoms with Gasteiger partial charge in [-0.1, -0.05) is 72.3 Å². The van der Waals surface area contributed by atoms with E-state index in [-0.39, 0.29) is 5.52 Å². The minimum atomic E-state index is -4.86. The third-order valence-corrected chi connectivity index (χ3v) is 6.49. The van der Waals surface area contributed by atoms with Gasteiger partial charge in [-0.05, 0) is 47.5 Å². The molecule has 0 amide bonds. The van der Waals surface area contributed by atoms with Gasteiger partial charge in [0.2, 0.25) is 0 Å². The normalized spacial score (nSPS) is 11.6. The van der Waals surface area contributed by atoms with Crippen molar-refractivity contribution in [2.45, 2.75) is 6.36 Å². The van der Waals surface area contributed by atoms with Crippen molar-refractivity contribution in [1.82, 2.24) is 19.1 Å². The Morgan fingerprint density at radius 2 is 1.43 bits per heavy atom. The van der Waals surface area contributed by atoms with E-state index < -0.39 is 17.7 Å². The van der Waals surface area contributed by atoms with Crippen molar-refractivity contribution >= 4 is 22.8 Å². The summed E-state index contributed by atoms with van der Waals surface area (Å²) < 4.78 is 46.1. The molecule has 6 rings (SSSR count). The van der Waals surface area contributed by atoms with Crippen LogP contribution in [-0.4, -0.2) is 25.5 Å². The average molecular weight is 559 g/mol. The maximum atomic E-state index is 13.2. The van der Waals surface area contributed by atoms with Crippen LogP contribution in [0.15, 0.2) is 114 Å². The van der Waals surface area contributed by atoms with Gasteiger partial charge in [0.1, 0.15) is 17.9 Å².